The number of hydrogen-bond acceptors (Lipinski definition) is 6. The van der Waals surface area contributed by atoms with Crippen molar-refractivity contribution >= 4 is 44.5 Å². The summed E-state index contributed by atoms with van der Waals surface area (Å²) in [6.07, 6.45) is 3.85. The average Bonchev–Trinajstić information content (AvgIpc) is 3.46. The topological polar surface area (TPSA) is 65.0 Å². The second-order valence-corrected chi connectivity index (χ2v) is 11.7. The van der Waals surface area contributed by atoms with Gasteiger partial charge in [0.15, 0.2) is 0 Å². The van der Waals surface area contributed by atoms with Gasteiger partial charge in [-0.25, -0.2) is 8.42 Å². The highest BCUT2D eigenvalue weighted by Gasteiger charge is 2.37. The van der Waals surface area contributed by atoms with Gasteiger partial charge in [0.2, 0.25) is 0 Å². The Balaban J connectivity index is 1.55. The van der Waals surface area contributed by atoms with Crippen LogP contribution in [0.3, 0.4) is 0 Å². The maximum absolute atomic E-state index is 13.1. The van der Waals surface area contributed by atoms with Crippen LogP contribution in [-0.2, 0) is 16.6 Å². The fourth-order valence-corrected chi connectivity index (χ4v) is 6.90. The SMILES string of the molecule is CN(C)Cc1ccccc1C1=CC=NC2Nc3ccc(N(C)S(=O)(=O)c4cccs4)cc3C12. The minimum atomic E-state index is -3.60. The van der Waals surface area contributed by atoms with Crippen molar-refractivity contribution in [1.29, 1.82) is 0 Å². The van der Waals surface area contributed by atoms with Crippen molar-refractivity contribution in [2.45, 2.75) is 22.8 Å². The summed E-state index contributed by atoms with van der Waals surface area (Å²) < 4.78 is 27.9. The van der Waals surface area contributed by atoms with Crippen LogP contribution >= 0.6 is 11.3 Å². The molecule has 8 heteroatoms. The number of allylic oxidation sites excluding steroid dienone is 1. The number of sulfonamides is 1. The summed E-state index contributed by atoms with van der Waals surface area (Å²) in [5.74, 6) is 0.00565. The van der Waals surface area contributed by atoms with Crippen molar-refractivity contribution in [3.8, 4) is 0 Å². The van der Waals surface area contributed by atoms with Gasteiger partial charge in [0.1, 0.15) is 10.4 Å². The third-order valence-electron chi connectivity index (χ3n) is 6.11. The lowest BCUT2D eigenvalue weighted by atomic mass is 9.83. The molecule has 0 aliphatic carbocycles. The highest BCUT2D eigenvalue weighted by molar-refractivity contribution is 7.94. The molecule has 3 aromatic rings. The first-order chi connectivity index (χ1) is 15.9. The van der Waals surface area contributed by atoms with E-state index < -0.39 is 10.0 Å². The predicted octanol–water partition coefficient (Wildman–Crippen LogP) is 4.64. The van der Waals surface area contributed by atoms with E-state index in [0.29, 0.717) is 9.90 Å². The molecular weight excluding hydrogens is 452 g/mol. The molecule has 6 nitrogen and oxygen atoms in total. The van der Waals surface area contributed by atoms with Crippen LogP contribution < -0.4 is 9.62 Å². The zero-order chi connectivity index (χ0) is 23.2. The Kier molecular flexibility index (Phi) is 5.60. The first-order valence-corrected chi connectivity index (χ1v) is 13.1. The van der Waals surface area contributed by atoms with Crippen molar-refractivity contribution in [2.24, 2.45) is 4.99 Å². The fourth-order valence-electron chi connectivity index (χ4n) is 4.55. The quantitative estimate of drug-likeness (QED) is 0.561. The second kappa shape index (κ2) is 8.44. The van der Waals surface area contributed by atoms with E-state index in [0.717, 1.165) is 17.8 Å². The lowest BCUT2D eigenvalue weighted by Gasteiger charge is -2.26. The Hall–Kier alpha value is -2.94. The molecule has 0 bridgehead atoms. The number of aliphatic imine (C=N–C) groups is 1. The number of nitrogens with zero attached hydrogens (tertiary/aromatic N) is 3. The van der Waals surface area contributed by atoms with Crippen LogP contribution in [-0.4, -0.2) is 46.8 Å². The van der Waals surface area contributed by atoms with Gasteiger partial charge in [-0.1, -0.05) is 30.3 Å². The Morgan fingerprint density at radius 3 is 2.64 bits per heavy atom. The van der Waals surface area contributed by atoms with Crippen LogP contribution in [0.1, 0.15) is 22.6 Å². The van der Waals surface area contributed by atoms with Gasteiger partial charge in [0.25, 0.3) is 10.0 Å². The molecule has 170 valence electrons. The van der Waals surface area contributed by atoms with E-state index in [2.05, 4.69) is 59.6 Å². The fraction of sp³-hybridized carbons (Fsp3) is 0.240. The summed E-state index contributed by atoms with van der Waals surface area (Å²) >= 11 is 1.23. The Bertz CT molecular complexity index is 1340. The number of dihydropyridines is 1. The van der Waals surface area contributed by atoms with Gasteiger partial charge < -0.3 is 10.2 Å². The summed E-state index contributed by atoms with van der Waals surface area (Å²) in [4.78, 5) is 6.85. The van der Waals surface area contributed by atoms with E-state index in [9.17, 15) is 8.42 Å². The maximum atomic E-state index is 13.1. The van der Waals surface area contributed by atoms with Gasteiger partial charge >= 0.3 is 0 Å². The third kappa shape index (κ3) is 3.88. The zero-order valence-corrected chi connectivity index (χ0v) is 20.4. The highest BCUT2D eigenvalue weighted by atomic mass is 32.2. The Morgan fingerprint density at radius 1 is 1.06 bits per heavy atom. The minimum Gasteiger partial charge on any atom is -0.363 e. The van der Waals surface area contributed by atoms with Crippen molar-refractivity contribution in [2.75, 3.05) is 30.8 Å². The molecule has 3 heterocycles. The van der Waals surface area contributed by atoms with Crippen LogP contribution in [0.25, 0.3) is 5.57 Å². The molecule has 2 aromatic carbocycles. The molecule has 2 aliphatic heterocycles. The van der Waals surface area contributed by atoms with Crippen molar-refractivity contribution < 1.29 is 8.42 Å². The summed E-state index contributed by atoms with van der Waals surface area (Å²) in [6.45, 7) is 0.837. The monoisotopic (exact) mass is 478 g/mol. The summed E-state index contributed by atoms with van der Waals surface area (Å²) in [6, 6.07) is 17.7. The van der Waals surface area contributed by atoms with Gasteiger partial charge in [-0.15, -0.1) is 11.3 Å². The first-order valence-electron chi connectivity index (χ1n) is 10.8. The number of nitrogens with one attached hydrogen (secondary N) is 1. The van der Waals surface area contributed by atoms with Gasteiger partial charge in [-0.05, 0) is 72.1 Å². The van der Waals surface area contributed by atoms with E-state index in [-0.39, 0.29) is 12.1 Å². The zero-order valence-electron chi connectivity index (χ0n) is 18.8. The number of rotatable bonds is 6. The highest BCUT2D eigenvalue weighted by Crippen LogP contribution is 2.48. The Morgan fingerprint density at radius 2 is 1.88 bits per heavy atom. The normalized spacial score (nSPS) is 19.1. The molecule has 0 saturated heterocycles. The van der Waals surface area contributed by atoms with Gasteiger partial charge in [0.05, 0.1) is 11.6 Å². The summed E-state index contributed by atoms with van der Waals surface area (Å²) in [5.41, 5.74) is 6.34. The molecule has 0 saturated carbocycles. The molecule has 0 radical (unpaired) electrons. The predicted molar refractivity (Wildman–Crippen MR) is 137 cm³/mol. The number of thiophene rings is 1. The first kappa shape index (κ1) is 21.9. The molecule has 0 fully saturated rings. The lowest BCUT2D eigenvalue weighted by Crippen LogP contribution is -2.26. The van der Waals surface area contributed by atoms with Crippen LogP contribution in [0.2, 0.25) is 0 Å². The number of anilines is 2. The molecular formula is C25H26N4O2S2. The van der Waals surface area contributed by atoms with E-state index >= 15 is 0 Å². The molecule has 1 aromatic heterocycles. The average molecular weight is 479 g/mol. The van der Waals surface area contributed by atoms with Crippen molar-refractivity contribution in [1.82, 2.24) is 4.90 Å². The molecule has 2 atom stereocenters. The van der Waals surface area contributed by atoms with Gasteiger partial charge in [-0.2, -0.15) is 0 Å². The van der Waals surface area contributed by atoms with Gasteiger partial charge in [0, 0.05) is 25.5 Å². The number of hydrogen-bond donors (Lipinski definition) is 1. The van der Waals surface area contributed by atoms with Crippen LogP contribution in [0.5, 0.6) is 0 Å². The van der Waals surface area contributed by atoms with E-state index in [1.165, 1.54) is 32.3 Å². The molecule has 1 N–H and O–H groups in total. The van der Waals surface area contributed by atoms with Gasteiger partial charge in [-0.3, -0.25) is 9.30 Å². The molecule has 2 unspecified atom stereocenters. The minimum absolute atomic E-state index is 0.00565. The standard InChI is InChI=1S/C25H26N4O2S2/c1-28(2)16-17-7-4-5-8-19(17)20-12-13-26-25-24(20)21-15-18(10-11-22(21)27-25)29(3)33(30,31)23-9-6-14-32-23/h4-15,24-25,27H,16H2,1-3H3. The van der Waals surface area contributed by atoms with E-state index in [1.807, 2.05) is 24.4 Å². The van der Waals surface area contributed by atoms with E-state index in [4.69, 9.17) is 0 Å². The second-order valence-electron chi connectivity index (χ2n) is 8.56. The van der Waals surface area contributed by atoms with Crippen LogP contribution in [0.4, 0.5) is 11.4 Å². The molecule has 5 rings (SSSR count). The van der Waals surface area contributed by atoms with Crippen molar-refractivity contribution in [3.05, 3.63) is 82.7 Å². The summed E-state index contributed by atoms with van der Waals surface area (Å²) in [7, 11) is 2.15. The van der Waals surface area contributed by atoms with Crippen LogP contribution in [0.15, 0.2) is 75.3 Å². The molecule has 0 amide bonds. The summed E-state index contributed by atoms with van der Waals surface area (Å²) in [5, 5.41) is 5.29. The maximum Gasteiger partial charge on any atom is 0.273 e. The Labute approximate surface area is 198 Å². The molecule has 33 heavy (non-hydrogen) atoms. The van der Waals surface area contributed by atoms with Crippen molar-refractivity contribution in [3.63, 3.8) is 0 Å². The van der Waals surface area contributed by atoms with Crippen LogP contribution in [0, 0.1) is 0 Å². The largest absolute Gasteiger partial charge is 0.363 e. The molecule has 2 aliphatic rings. The third-order valence-corrected chi connectivity index (χ3v) is 9.27. The van der Waals surface area contributed by atoms with E-state index in [1.54, 1.807) is 24.6 Å². The number of benzene rings is 2. The number of fused-ring (bicyclic) bond motifs is 3. The molecule has 0 spiro atoms. The lowest BCUT2D eigenvalue weighted by molar-refractivity contribution is 0.402. The smallest absolute Gasteiger partial charge is 0.273 e.